The zero-order chi connectivity index (χ0) is 40.8. The molecule has 0 atom stereocenters. The first-order valence-corrected chi connectivity index (χ1v) is 21.5. The van der Waals surface area contributed by atoms with E-state index in [2.05, 4.69) is 58.6 Å². The fourth-order valence-electron chi connectivity index (χ4n) is 6.45. The number of anilines is 6. The predicted molar refractivity (Wildman–Crippen MR) is 217 cm³/mol. The highest BCUT2D eigenvalue weighted by Gasteiger charge is 2.33. The average molecular weight is 864 g/mol. The second-order valence-electron chi connectivity index (χ2n) is 14.8. The standard InChI is InChI=1S/C38H47BrF3N8O5P/c1-7-10-33(51)44-28-21-29(46-35-43-23-26(39)34(47-35)45-27-11-8-9-12-32(27)56(5,6)53)31(54-24-38(40,41)42)22-30(28)49-15-13-25(14-16-49)48-17-19-50(20-18-48)36(52)55-37(2,3)4/h8-9,11-12,21-23,25H,13-20,24H2,1-6H3,(H,44,51)(H2,43,45,46,47). The normalized spacial score (nSPS) is 15.8. The van der Waals surface area contributed by atoms with Crippen molar-refractivity contribution in [3.8, 4) is 17.6 Å². The molecule has 5 rings (SSSR count). The predicted octanol–water partition coefficient (Wildman–Crippen LogP) is 7.40. The number of amides is 2. The molecule has 2 fully saturated rings. The van der Waals surface area contributed by atoms with E-state index in [0.717, 1.165) is 12.8 Å². The Hall–Kier alpha value is -4.52. The van der Waals surface area contributed by atoms with E-state index >= 15 is 0 Å². The highest BCUT2D eigenvalue weighted by Crippen LogP contribution is 2.41. The summed E-state index contributed by atoms with van der Waals surface area (Å²) in [5.74, 6) is 4.60. The number of nitrogens with zero attached hydrogens (tertiary/aromatic N) is 5. The van der Waals surface area contributed by atoms with Crippen LogP contribution < -0.4 is 30.9 Å². The summed E-state index contributed by atoms with van der Waals surface area (Å²) in [7, 11) is -2.68. The molecule has 3 heterocycles. The Morgan fingerprint density at radius 1 is 0.982 bits per heavy atom. The second kappa shape index (κ2) is 17.7. The summed E-state index contributed by atoms with van der Waals surface area (Å²) in [6.45, 7) is 12.3. The van der Waals surface area contributed by atoms with Crippen LogP contribution in [0, 0.1) is 11.8 Å². The number of piperazine rings is 1. The maximum atomic E-state index is 13.6. The summed E-state index contributed by atoms with van der Waals surface area (Å²) in [4.78, 5) is 40.3. The molecule has 13 nitrogen and oxygen atoms in total. The van der Waals surface area contributed by atoms with Crippen molar-refractivity contribution in [2.75, 3.05) is 80.1 Å². The number of hydrogen-bond acceptors (Lipinski definition) is 11. The fraction of sp³-hybridized carbons (Fsp3) is 0.474. The monoisotopic (exact) mass is 862 g/mol. The molecule has 2 aromatic carbocycles. The number of carbonyl (C=O) groups excluding carboxylic acids is 2. The van der Waals surface area contributed by atoms with Crippen LogP contribution in [0.3, 0.4) is 0 Å². The second-order valence-corrected chi connectivity index (χ2v) is 18.9. The number of para-hydroxylation sites is 1. The van der Waals surface area contributed by atoms with Gasteiger partial charge in [0.25, 0.3) is 5.91 Å². The van der Waals surface area contributed by atoms with Crippen molar-refractivity contribution in [2.45, 2.75) is 58.4 Å². The number of benzene rings is 2. The lowest BCUT2D eigenvalue weighted by atomic mass is 10.0. The molecule has 18 heteroatoms. The Labute approximate surface area is 333 Å². The Morgan fingerprint density at radius 3 is 2.29 bits per heavy atom. The molecule has 0 saturated carbocycles. The lowest BCUT2D eigenvalue weighted by Crippen LogP contribution is -2.55. The van der Waals surface area contributed by atoms with Gasteiger partial charge < -0.3 is 39.8 Å². The third-order valence-electron chi connectivity index (χ3n) is 8.99. The number of alkyl halides is 3. The first-order valence-electron chi connectivity index (χ1n) is 18.1. The van der Waals surface area contributed by atoms with Crippen LogP contribution >= 0.6 is 23.1 Å². The summed E-state index contributed by atoms with van der Waals surface area (Å²) >= 11 is 3.44. The highest BCUT2D eigenvalue weighted by molar-refractivity contribution is 9.10. The van der Waals surface area contributed by atoms with Gasteiger partial charge in [-0.1, -0.05) is 18.1 Å². The smallest absolute Gasteiger partial charge is 0.422 e. The number of carbonyl (C=O) groups is 2. The Morgan fingerprint density at radius 2 is 1.66 bits per heavy atom. The van der Waals surface area contributed by atoms with Crippen molar-refractivity contribution in [1.82, 2.24) is 19.8 Å². The number of hydrogen-bond donors (Lipinski definition) is 3. The molecule has 0 aliphatic carbocycles. The first kappa shape index (κ1) is 42.6. The molecule has 302 valence electrons. The summed E-state index contributed by atoms with van der Waals surface area (Å²) in [6, 6.07) is 10.3. The molecule has 56 heavy (non-hydrogen) atoms. The van der Waals surface area contributed by atoms with Gasteiger partial charge in [0, 0.05) is 62.9 Å². The van der Waals surface area contributed by atoms with Gasteiger partial charge in [-0.15, -0.1) is 0 Å². The van der Waals surface area contributed by atoms with Crippen molar-refractivity contribution in [3.63, 3.8) is 0 Å². The number of nitrogens with one attached hydrogen (secondary N) is 3. The van der Waals surface area contributed by atoms with Gasteiger partial charge in [-0.05, 0) is 93.9 Å². The molecule has 2 saturated heterocycles. The molecule has 0 spiro atoms. The lowest BCUT2D eigenvalue weighted by molar-refractivity contribution is -0.153. The summed E-state index contributed by atoms with van der Waals surface area (Å²) in [5, 5.41) is 9.57. The minimum atomic E-state index is -4.64. The topological polar surface area (TPSA) is 141 Å². The SMILES string of the molecule is CC#CC(=O)Nc1cc(Nc2ncc(Br)c(Nc3ccccc3P(C)(C)=O)n2)c(OCC(F)(F)F)cc1N1CCC(N2CCN(C(=O)OC(C)(C)C)CC2)CC1. The van der Waals surface area contributed by atoms with E-state index in [0.29, 0.717) is 71.9 Å². The third kappa shape index (κ3) is 11.8. The molecule has 1 aromatic heterocycles. The molecule has 2 aliphatic rings. The third-order valence-corrected chi connectivity index (χ3v) is 11.1. The van der Waals surface area contributed by atoms with E-state index < -0.39 is 31.4 Å². The maximum absolute atomic E-state index is 13.6. The van der Waals surface area contributed by atoms with Gasteiger partial charge in [0.2, 0.25) is 5.95 Å². The van der Waals surface area contributed by atoms with E-state index in [1.54, 1.807) is 42.5 Å². The van der Waals surface area contributed by atoms with Crippen molar-refractivity contribution >= 4 is 74.9 Å². The summed E-state index contributed by atoms with van der Waals surface area (Å²) in [5.41, 5.74) is 0.823. The molecule has 0 radical (unpaired) electrons. The van der Waals surface area contributed by atoms with E-state index in [1.807, 2.05) is 25.7 Å². The minimum Gasteiger partial charge on any atom is -0.482 e. The molecular weight excluding hydrogens is 816 g/mol. The lowest BCUT2D eigenvalue weighted by Gasteiger charge is -2.43. The number of piperidine rings is 1. The Kier molecular flexibility index (Phi) is 13.5. The molecule has 3 aromatic rings. The van der Waals surface area contributed by atoms with Crippen LogP contribution in [0.5, 0.6) is 5.75 Å². The molecule has 0 bridgehead atoms. The van der Waals surface area contributed by atoms with Crippen molar-refractivity contribution < 1.29 is 36.8 Å². The first-order chi connectivity index (χ1) is 26.3. The van der Waals surface area contributed by atoms with Crippen LogP contribution in [0.4, 0.5) is 52.5 Å². The van der Waals surface area contributed by atoms with Gasteiger partial charge in [-0.25, -0.2) is 9.78 Å². The number of rotatable bonds is 10. The molecule has 3 N–H and O–H groups in total. The minimum absolute atomic E-state index is 0.00664. The van der Waals surface area contributed by atoms with E-state index in [1.165, 1.54) is 25.3 Å². The quantitative estimate of drug-likeness (QED) is 0.139. The van der Waals surface area contributed by atoms with Gasteiger partial charge in [-0.2, -0.15) is 18.2 Å². The summed E-state index contributed by atoms with van der Waals surface area (Å²) in [6.07, 6.45) is -2.02. The van der Waals surface area contributed by atoms with E-state index in [-0.39, 0.29) is 29.5 Å². The molecule has 2 aliphatic heterocycles. The van der Waals surface area contributed by atoms with Gasteiger partial charge in [-0.3, -0.25) is 9.69 Å². The van der Waals surface area contributed by atoms with E-state index in [9.17, 15) is 27.3 Å². The Bertz CT molecular complexity index is 2010. The van der Waals surface area contributed by atoms with Crippen LogP contribution in [0.25, 0.3) is 0 Å². The largest absolute Gasteiger partial charge is 0.482 e. The van der Waals surface area contributed by atoms with Crippen molar-refractivity contribution in [1.29, 1.82) is 0 Å². The van der Waals surface area contributed by atoms with E-state index in [4.69, 9.17) is 9.47 Å². The van der Waals surface area contributed by atoms with Gasteiger partial charge >= 0.3 is 12.3 Å². The van der Waals surface area contributed by atoms with Crippen LogP contribution in [0.15, 0.2) is 47.1 Å². The number of ether oxygens (including phenoxy) is 2. The molecule has 0 unspecified atom stereocenters. The van der Waals surface area contributed by atoms with Crippen LogP contribution in [-0.2, 0) is 14.1 Å². The Balaban J connectivity index is 1.40. The number of aromatic nitrogens is 2. The molecule has 2 amide bonds. The highest BCUT2D eigenvalue weighted by atomic mass is 79.9. The van der Waals surface area contributed by atoms with Gasteiger partial charge in [0.15, 0.2) is 6.61 Å². The van der Waals surface area contributed by atoms with Crippen molar-refractivity contribution in [2.24, 2.45) is 0 Å². The zero-order valence-corrected chi connectivity index (χ0v) is 34.7. The van der Waals surface area contributed by atoms with Crippen molar-refractivity contribution in [3.05, 3.63) is 47.1 Å². The van der Waals surface area contributed by atoms with Gasteiger partial charge in [0.05, 0.1) is 27.2 Å². The molecular formula is C38H47BrF3N8O5P. The summed E-state index contributed by atoms with van der Waals surface area (Å²) < 4.78 is 65.0. The fourth-order valence-corrected chi connectivity index (χ4v) is 7.90. The van der Waals surface area contributed by atoms with Crippen LogP contribution in [0.2, 0.25) is 0 Å². The average Bonchev–Trinajstić information content (AvgIpc) is 3.11. The van der Waals surface area contributed by atoms with Crippen LogP contribution in [0.1, 0.15) is 40.5 Å². The number of halogens is 4. The van der Waals surface area contributed by atoms with Gasteiger partial charge in [0.1, 0.15) is 24.3 Å². The maximum Gasteiger partial charge on any atom is 0.422 e. The zero-order valence-electron chi connectivity index (χ0n) is 32.2. The van der Waals surface area contributed by atoms with Crippen LogP contribution in [-0.4, -0.2) is 109 Å².